The fourth-order valence-corrected chi connectivity index (χ4v) is 0.647. The monoisotopic (exact) mass is 163 g/mol. The highest BCUT2D eigenvalue weighted by Gasteiger charge is 2.01. The fourth-order valence-electron chi connectivity index (χ4n) is 0.265. The molecule has 58 valence electrons. The second-order valence-electron chi connectivity index (χ2n) is 1.21. The van der Waals surface area contributed by atoms with Crippen molar-refractivity contribution < 1.29 is 9.78 Å². The summed E-state index contributed by atoms with van der Waals surface area (Å²) in [6.45, 7) is 0. The van der Waals surface area contributed by atoms with Gasteiger partial charge in [0, 0.05) is 18.8 Å². The van der Waals surface area contributed by atoms with Gasteiger partial charge in [-0.05, 0) is 0 Å². The number of nitrogens with two attached hydrogens (primary N) is 1. The lowest BCUT2D eigenvalue weighted by Gasteiger charge is -2.00. The minimum absolute atomic E-state index is 0.0855. The van der Waals surface area contributed by atoms with Crippen molar-refractivity contribution >= 4 is 22.2 Å². The van der Waals surface area contributed by atoms with Gasteiger partial charge >= 0.3 is 0 Å². The predicted molar refractivity (Wildman–Crippen MR) is 41.0 cm³/mol. The average Bonchev–Trinajstić information content (AvgIpc) is 1.86. The van der Waals surface area contributed by atoms with Crippen LogP contribution in [0, 0.1) is 5.41 Å². The number of nitrogens with zero attached hydrogens (tertiary/aromatic N) is 1. The first-order valence-corrected chi connectivity index (χ1v) is 3.21. The van der Waals surface area contributed by atoms with Gasteiger partial charge in [0.1, 0.15) is 0 Å². The van der Waals surface area contributed by atoms with Crippen molar-refractivity contribution in [3.8, 4) is 0 Å². The lowest BCUT2D eigenvalue weighted by molar-refractivity contribution is -0.190. The van der Waals surface area contributed by atoms with Crippen LogP contribution in [0.2, 0.25) is 0 Å². The SMILES string of the molecule is CN=C(OOC)SC(=N)N. The molecule has 0 amide bonds. The van der Waals surface area contributed by atoms with Gasteiger partial charge in [0.05, 0.1) is 7.11 Å². The fraction of sp³-hybridized carbons (Fsp3) is 0.500. The highest BCUT2D eigenvalue weighted by Crippen LogP contribution is 2.03. The molecule has 5 nitrogen and oxygen atoms in total. The maximum atomic E-state index is 6.83. The van der Waals surface area contributed by atoms with Crippen molar-refractivity contribution in [3.63, 3.8) is 0 Å². The van der Waals surface area contributed by atoms with Crippen molar-refractivity contribution in [1.29, 1.82) is 5.41 Å². The van der Waals surface area contributed by atoms with Gasteiger partial charge in [-0.3, -0.25) is 5.41 Å². The molecule has 0 heterocycles. The zero-order chi connectivity index (χ0) is 7.98. The van der Waals surface area contributed by atoms with Crippen LogP contribution in [0.3, 0.4) is 0 Å². The molecule has 0 atom stereocenters. The largest absolute Gasteiger partial charge is 0.378 e. The lowest BCUT2D eigenvalue weighted by Crippen LogP contribution is -2.10. The molecule has 0 spiro atoms. The van der Waals surface area contributed by atoms with Crippen LogP contribution in [0.25, 0.3) is 0 Å². The molecule has 3 N–H and O–H groups in total. The van der Waals surface area contributed by atoms with Crippen molar-refractivity contribution in [3.05, 3.63) is 0 Å². The highest BCUT2D eigenvalue weighted by atomic mass is 32.2. The van der Waals surface area contributed by atoms with E-state index in [9.17, 15) is 0 Å². The molecule has 0 fully saturated rings. The van der Waals surface area contributed by atoms with E-state index in [1.54, 1.807) is 0 Å². The normalized spacial score (nSPS) is 11.2. The number of hydrogen-bond acceptors (Lipinski definition) is 5. The van der Waals surface area contributed by atoms with E-state index in [4.69, 9.17) is 11.1 Å². The second kappa shape index (κ2) is 5.07. The summed E-state index contributed by atoms with van der Waals surface area (Å²) < 4.78 is 0. The van der Waals surface area contributed by atoms with Crippen molar-refractivity contribution in [2.45, 2.75) is 0 Å². The molecule has 0 unspecified atom stereocenters. The molecule has 0 aliphatic rings. The van der Waals surface area contributed by atoms with Gasteiger partial charge in [-0.1, -0.05) is 0 Å². The topological polar surface area (TPSA) is 80.7 Å². The number of rotatable bonds is 1. The van der Waals surface area contributed by atoms with Crippen LogP contribution >= 0.6 is 11.8 Å². The first kappa shape index (κ1) is 9.25. The standard InChI is InChI=1S/C4H9N3O2S/c1-7-4(9-8-2)10-3(5)6/h1-2H3,(H3,5,6). The van der Waals surface area contributed by atoms with Crippen molar-refractivity contribution in [1.82, 2.24) is 0 Å². The van der Waals surface area contributed by atoms with E-state index >= 15 is 0 Å². The first-order chi connectivity index (χ1) is 4.70. The second-order valence-corrected chi connectivity index (χ2v) is 2.20. The Hall–Kier alpha value is -0.750. The average molecular weight is 163 g/mol. The van der Waals surface area contributed by atoms with Crippen molar-refractivity contribution in [2.75, 3.05) is 14.2 Å². The molecule has 0 aliphatic carbocycles. The molecule has 0 radical (unpaired) electrons. The summed E-state index contributed by atoms with van der Waals surface area (Å²) in [4.78, 5) is 12.4. The first-order valence-electron chi connectivity index (χ1n) is 2.40. The molecular formula is C4H9N3O2S. The summed E-state index contributed by atoms with van der Waals surface area (Å²) in [5, 5.41) is 6.96. The lowest BCUT2D eigenvalue weighted by atomic mass is 11.3. The quantitative estimate of drug-likeness (QED) is 0.250. The zero-order valence-electron chi connectivity index (χ0n) is 5.75. The van der Waals surface area contributed by atoms with Gasteiger partial charge in [0.25, 0.3) is 5.23 Å². The van der Waals surface area contributed by atoms with E-state index in [-0.39, 0.29) is 10.4 Å². The Labute approximate surface area is 63.0 Å². The van der Waals surface area contributed by atoms with Gasteiger partial charge in [-0.15, -0.1) is 0 Å². The molecular weight excluding hydrogens is 154 g/mol. The van der Waals surface area contributed by atoms with Crippen LogP contribution in [0.4, 0.5) is 0 Å². The van der Waals surface area contributed by atoms with Crippen LogP contribution in [-0.2, 0) is 9.78 Å². The minimum Gasteiger partial charge on any atom is -0.378 e. The molecule has 6 heteroatoms. The molecule has 0 aromatic heterocycles. The van der Waals surface area contributed by atoms with E-state index < -0.39 is 0 Å². The summed E-state index contributed by atoms with van der Waals surface area (Å²) in [6.07, 6.45) is 0. The van der Waals surface area contributed by atoms with Crippen molar-refractivity contribution in [2.24, 2.45) is 10.7 Å². The minimum atomic E-state index is -0.0855. The molecule has 0 saturated heterocycles. The van der Waals surface area contributed by atoms with E-state index in [1.165, 1.54) is 14.2 Å². The number of amidine groups is 1. The number of thioether (sulfide) groups is 1. The summed E-state index contributed by atoms with van der Waals surface area (Å²) in [5.74, 6) is 0. The van der Waals surface area contributed by atoms with Gasteiger partial charge in [0.15, 0.2) is 5.17 Å². The summed E-state index contributed by atoms with van der Waals surface area (Å²) in [7, 11) is 2.87. The molecule has 0 saturated carbocycles. The van der Waals surface area contributed by atoms with E-state index in [2.05, 4.69) is 14.8 Å². The molecule has 0 aliphatic heterocycles. The number of hydrogen-bond donors (Lipinski definition) is 2. The van der Waals surface area contributed by atoms with Gasteiger partial charge < -0.3 is 10.6 Å². The Bertz CT molecular complexity index is 147. The van der Waals surface area contributed by atoms with Gasteiger partial charge in [-0.2, -0.15) is 4.89 Å². The Morgan fingerprint density at radius 2 is 2.30 bits per heavy atom. The van der Waals surface area contributed by atoms with Crippen LogP contribution in [0.1, 0.15) is 0 Å². The zero-order valence-corrected chi connectivity index (χ0v) is 6.57. The van der Waals surface area contributed by atoms with Crippen LogP contribution < -0.4 is 5.73 Å². The Morgan fingerprint density at radius 1 is 1.70 bits per heavy atom. The molecule has 0 rings (SSSR count). The Balaban J connectivity index is 3.73. The Morgan fingerprint density at radius 3 is 2.60 bits per heavy atom. The van der Waals surface area contributed by atoms with Crippen LogP contribution in [0.15, 0.2) is 4.99 Å². The van der Waals surface area contributed by atoms with E-state index in [1.807, 2.05) is 0 Å². The molecule has 0 bridgehead atoms. The van der Waals surface area contributed by atoms with Gasteiger partial charge in [0.2, 0.25) is 0 Å². The Kier molecular flexibility index (Phi) is 4.69. The summed E-state index contributed by atoms with van der Waals surface area (Å²) in [5.41, 5.74) is 5.03. The molecule has 10 heavy (non-hydrogen) atoms. The third-order valence-electron chi connectivity index (χ3n) is 0.534. The van der Waals surface area contributed by atoms with E-state index in [0.29, 0.717) is 0 Å². The van der Waals surface area contributed by atoms with E-state index in [0.717, 1.165) is 11.8 Å². The van der Waals surface area contributed by atoms with Crippen LogP contribution in [0.5, 0.6) is 0 Å². The number of aliphatic imine (C=N–C) groups is 1. The molecule has 0 aromatic rings. The summed E-state index contributed by atoms with van der Waals surface area (Å²) >= 11 is 0.888. The predicted octanol–water partition coefficient (Wildman–Crippen LogP) is 0.177. The molecule has 0 aromatic carbocycles. The van der Waals surface area contributed by atoms with Gasteiger partial charge in [-0.25, -0.2) is 4.99 Å². The maximum Gasteiger partial charge on any atom is 0.294 e. The third-order valence-corrected chi connectivity index (χ3v) is 1.18. The summed E-state index contributed by atoms with van der Waals surface area (Å²) in [6, 6.07) is 0. The maximum absolute atomic E-state index is 6.83. The third kappa shape index (κ3) is 4.16. The number of nitrogens with one attached hydrogen (secondary N) is 1. The van der Waals surface area contributed by atoms with Crippen LogP contribution in [-0.4, -0.2) is 24.6 Å². The smallest absolute Gasteiger partial charge is 0.294 e. The highest BCUT2D eigenvalue weighted by molar-refractivity contribution is 8.26.